The fraction of sp³-hybridized carbons (Fsp3) is 0.375. The lowest BCUT2D eigenvalue weighted by Crippen LogP contribution is -2.22. The van der Waals surface area contributed by atoms with Gasteiger partial charge in [-0.15, -0.1) is 0 Å². The third-order valence-corrected chi connectivity index (χ3v) is 3.77. The van der Waals surface area contributed by atoms with Crippen LogP contribution in [-0.4, -0.2) is 6.54 Å². The second kappa shape index (κ2) is 4.99. The van der Waals surface area contributed by atoms with E-state index in [-0.39, 0.29) is 0 Å². The van der Waals surface area contributed by atoms with E-state index >= 15 is 0 Å². The molecule has 2 heteroatoms. The van der Waals surface area contributed by atoms with Gasteiger partial charge in [-0.05, 0) is 42.5 Å². The van der Waals surface area contributed by atoms with Gasteiger partial charge >= 0.3 is 0 Å². The van der Waals surface area contributed by atoms with Gasteiger partial charge in [-0.25, -0.2) is 0 Å². The fourth-order valence-electron chi connectivity index (χ4n) is 2.82. The Bertz CT molecular complexity index is 477. The van der Waals surface area contributed by atoms with Crippen LogP contribution in [0.4, 0.5) is 0 Å². The first-order chi connectivity index (χ1) is 8.90. The van der Waals surface area contributed by atoms with Crippen LogP contribution in [-0.2, 0) is 0 Å². The summed E-state index contributed by atoms with van der Waals surface area (Å²) in [6.45, 7) is 3.12. The van der Waals surface area contributed by atoms with Crippen LogP contribution >= 0.6 is 0 Å². The molecule has 0 spiro atoms. The van der Waals surface area contributed by atoms with Crippen molar-refractivity contribution in [2.45, 2.75) is 25.3 Å². The summed E-state index contributed by atoms with van der Waals surface area (Å²) in [6.07, 6.45) is 3.02. The van der Waals surface area contributed by atoms with Crippen LogP contribution in [0.25, 0.3) is 0 Å². The molecule has 2 aromatic rings. The Morgan fingerprint density at radius 1 is 1.22 bits per heavy atom. The van der Waals surface area contributed by atoms with Crippen LogP contribution < -0.4 is 5.32 Å². The summed E-state index contributed by atoms with van der Waals surface area (Å²) in [5, 5.41) is 3.55. The number of rotatable bonds is 5. The highest BCUT2D eigenvalue weighted by atomic mass is 16.3. The Morgan fingerprint density at radius 2 is 2.06 bits per heavy atom. The summed E-state index contributed by atoms with van der Waals surface area (Å²) in [5.41, 5.74) is 1.46. The van der Waals surface area contributed by atoms with E-state index < -0.39 is 0 Å². The molecule has 3 unspecified atom stereocenters. The van der Waals surface area contributed by atoms with Crippen molar-refractivity contribution in [1.82, 2.24) is 5.32 Å². The lowest BCUT2D eigenvalue weighted by atomic mass is 10.0. The van der Waals surface area contributed by atoms with Crippen LogP contribution in [0.15, 0.2) is 53.1 Å². The molecular weight excluding hydrogens is 222 g/mol. The topological polar surface area (TPSA) is 25.2 Å². The predicted octanol–water partition coefficient (Wildman–Crippen LogP) is 3.73. The van der Waals surface area contributed by atoms with Crippen molar-refractivity contribution in [3.8, 4) is 0 Å². The monoisotopic (exact) mass is 241 g/mol. The Labute approximate surface area is 108 Å². The van der Waals surface area contributed by atoms with Crippen molar-refractivity contribution >= 4 is 0 Å². The third-order valence-electron chi connectivity index (χ3n) is 3.77. The maximum atomic E-state index is 5.57. The van der Waals surface area contributed by atoms with Crippen molar-refractivity contribution < 1.29 is 4.42 Å². The molecule has 0 saturated heterocycles. The lowest BCUT2D eigenvalue weighted by molar-refractivity contribution is 0.384. The Hall–Kier alpha value is -1.54. The SMILES string of the molecule is CCNC(c1ccco1)C1CC1c1ccccc1. The van der Waals surface area contributed by atoms with Crippen molar-refractivity contribution in [3.05, 3.63) is 60.1 Å². The summed E-state index contributed by atoms with van der Waals surface area (Å²) >= 11 is 0. The Kier molecular flexibility index (Phi) is 3.20. The summed E-state index contributed by atoms with van der Waals surface area (Å²) in [6, 6.07) is 15.2. The van der Waals surface area contributed by atoms with E-state index in [0.29, 0.717) is 17.9 Å². The minimum atomic E-state index is 0.357. The van der Waals surface area contributed by atoms with Crippen molar-refractivity contribution in [2.75, 3.05) is 6.54 Å². The highest BCUT2D eigenvalue weighted by Crippen LogP contribution is 2.53. The van der Waals surface area contributed by atoms with E-state index in [4.69, 9.17) is 4.42 Å². The normalized spacial score (nSPS) is 23.8. The molecule has 2 nitrogen and oxygen atoms in total. The van der Waals surface area contributed by atoms with E-state index in [9.17, 15) is 0 Å². The van der Waals surface area contributed by atoms with E-state index in [1.54, 1.807) is 6.26 Å². The van der Waals surface area contributed by atoms with Crippen molar-refractivity contribution in [1.29, 1.82) is 0 Å². The second-order valence-corrected chi connectivity index (χ2v) is 4.97. The van der Waals surface area contributed by atoms with Gasteiger partial charge in [0.1, 0.15) is 5.76 Å². The van der Waals surface area contributed by atoms with Gasteiger partial charge in [0.25, 0.3) is 0 Å². The molecule has 1 aromatic heterocycles. The molecular formula is C16H19NO. The number of hydrogen-bond donors (Lipinski definition) is 1. The zero-order valence-corrected chi connectivity index (χ0v) is 10.7. The molecule has 1 N–H and O–H groups in total. The zero-order chi connectivity index (χ0) is 12.4. The Balaban J connectivity index is 1.75. The molecule has 0 radical (unpaired) electrons. The molecule has 1 aliphatic carbocycles. The number of benzene rings is 1. The molecule has 1 aromatic carbocycles. The third kappa shape index (κ3) is 2.21. The summed E-state index contributed by atoms with van der Waals surface area (Å²) in [4.78, 5) is 0. The predicted molar refractivity (Wildman–Crippen MR) is 72.4 cm³/mol. The van der Waals surface area contributed by atoms with Crippen LogP contribution in [0.3, 0.4) is 0 Å². The van der Waals surface area contributed by atoms with Gasteiger partial charge in [0.15, 0.2) is 0 Å². The molecule has 3 atom stereocenters. The molecule has 0 amide bonds. The Morgan fingerprint density at radius 3 is 2.72 bits per heavy atom. The van der Waals surface area contributed by atoms with Crippen LogP contribution in [0, 0.1) is 5.92 Å². The standard InChI is InChI=1S/C16H19NO/c1-2-17-16(15-9-6-10-18-15)14-11-13(14)12-7-4-3-5-8-12/h3-10,13-14,16-17H,2,11H2,1H3. The molecule has 1 aliphatic rings. The quantitative estimate of drug-likeness (QED) is 0.862. The highest BCUT2D eigenvalue weighted by molar-refractivity contribution is 5.28. The molecule has 0 bridgehead atoms. The van der Waals surface area contributed by atoms with Crippen LogP contribution in [0.1, 0.15) is 36.6 Å². The number of furan rings is 1. The van der Waals surface area contributed by atoms with E-state index in [1.807, 2.05) is 6.07 Å². The minimum absolute atomic E-state index is 0.357. The lowest BCUT2D eigenvalue weighted by Gasteiger charge is -2.15. The average molecular weight is 241 g/mol. The van der Waals surface area contributed by atoms with Crippen molar-refractivity contribution in [3.63, 3.8) is 0 Å². The van der Waals surface area contributed by atoms with Gasteiger partial charge in [-0.3, -0.25) is 0 Å². The smallest absolute Gasteiger partial charge is 0.120 e. The molecule has 94 valence electrons. The molecule has 18 heavy (non-hydrogen) atoms. The average Bonchev–Trinajstić information content (AvgIpc) is 3.02. The maximum absolute atomic E-state index is 5.57. The first kappa shape index (κ1) is 11.5. The summed E-state index contributed by atoms with van der Waals surface area (Å²) in [5.74, 6) is 2.42. The first-order valence-corrected chi connectivity index (χ1v) is 6.72. The molecule has 0 aliphatic heterocycles. The molecule has 1 saturated carbocycles. The van der Waals surface area contributed by atoms with Gasteiger partial charge in [-0.1, -0.05) is 37.3 Å². The van der Waals surface area contributed by atoms with Crippen LogP contribution in [0.2, 0.25) is 0 Å². The molecule has 1 heterocycles. The largest absolute Gasteiger partial charge is 0.468 e. The van der Waals surface area contributed by atoms with Gasteiger partial charge in [0, 0.05) is 0 Å². The second-order valence-electron chi connectivity index (χ2n) is 4.97. The van der Waals surface area contributed by atoms with E-state index in [0.717, 1.165) is 12.3 Å². The summed E-state index contributed by atoms with van der Waals surface area (Å²) in [7, 11) is 0. The highest BCUT2D eigenvalue weighted by Gasteiger charge is 2.44. The van der Waals surface area contributed by atoms with Crippen LogP contribution in [0.5, 0.6) is 0 Å². The number of hydrogen-bond acceptors (Lipinski definition) is 2. The first-order valence-electron chi connectivity index (χ1n) is 6.72. The van der Waals surface area contributed by atoms with E-state index in [1.165, 1.54) is 12.0 Å². The van der Waals surface area contributed by atoms with Crippen molar-refractivity contribution in [2.24, 2.45) is 5.92 Å². The molecule has 3 rings (SSSR count). The van der Waals surface area contributed by atoms with Gasteiger partial charge in [0.05, 0.1) is 12.3 Å². The summed E-state index contributed by atoms with van der Waals surface area (Å²) < 4.78 is 5.57. The van der Waals surface area contributed by atoms with Gasteiger partial charge in [-0.2, -0.15) is 0 Å². The number of nitrogens with one attached hydrogen (secondary N) is 1. The minimum Gasteiger partial charge on any atom is -0.468 e. The van der Waals surface area contributed by atoms with E-state index in [2.05, 4.69) is 48.6 Å². The fourth-order valence-corrected chi connectivity index (χ4v) is 2.82. The van der Waals surface area contributed by atoms with Gasteiger partial charge in [0.2, 0.25) is 0 Å². The maximum Gasteiger partial charge on any atom is 0.120 e. The molecule has 1 fully saturated rings. The zero-order valence-electron chi connectivity index (χ0n) is 10.7. The van der Waals surface area contributed by atoms with Gasteiger partial charge < -0.3 is 9.73 Å².